The maximum atomic E-state index is 12.6. The highest BCUT2D eigenvalue weighted by Gasteiger charge is 2.37. The summed E-state index contributed by atoms with van der Waals surface area (Å²) in [4.78, 5) is 17.2. The van der Waals surface area contributed by atoms with Crippen LogP contribution in [0.3, 0.4) is 0 Å². The third-order valence-electron chi connectivity index (χ3n) is 2.74. The van der Waals surface area contributed by atoms with Crippen LogP contribution in [0.5, 0.6) is 0 Å². The Bertz CT molecular complexity index is 695. The number of aliphatic imine (C=N–C) groups is 1. The zero-order valence-electron chi connectivity index (χ0n) is 10.9. The first-order valence-corrected chi connectivity index (χ1v) is 5.78. The summed E-state index contributed by atoms with van der Waals surface area (Å²) in [7, 11) is 0. The first kappa shape index (κ1) is 16.7. The molecule has 2 heterocycles. The lowest BCUT2D eigenvalue weighted by atomic mass is 10.2. The predicted octanol–water partition coefficient (Wildman–Crippen LogP) is 3.30. The Balaban J connectivity index is 2.37. The molecule has 1 aliphatic heterocycles. The Morgan fingerprint density at radius 1 is 1.17 bits per heavy atom. The van der Waals surface area contributed by atoms with Gasteiger partial charge in [0, 0.05) is 18.5 Å². The molecule has 0 saturated carbocycles. The Hall–Kier alpha value is -2.66. The molecule has 0 radical (unpaired) electrons. The maximum absolute atomic E-state index is 12.6. The van der Waals surface area contributed by atoms with E-state index in [1.165, 1.54) is 0 Å². The van der Waals surface area contributed by atoms with E-state index in [2.05, 4.69) is 9.98 Å². The van der Waals surface area contributed by atoms with E-state index in [0.717, 1.165) is 11.1 Å². The van der Waals surface area contributed by atoms with Crippen molar-refractivity contribution < 1.29 is 31.3 Å². The molecular formula is C11H6F6N4O2. The molecule has 0 N–H and O–H groups in total. The third kappa shape index (κ3) is 3.57. The van der Waals surface area contributed by atoms with Crippen molar-refractivity contribution in [2.45, 2.75) is 12.4 Å². The Kier molecular flexibility index (Phi) is 4.01. The molecule has 0 spiro atoms. The molecule has 2 rings (SSSR count). The second-order valence-corrected chi connectivity index (χ2v) is 4.29. The Morgan fingerprint density at radius 3 is 2.26 bits per heavy atom. The normalized spacial score (nSPS) is 15.6. The average molecular weight is 340 g/mol. The Morgan fingerprint density at radius 2 is 1.83 bits per heavy atom. The van der Waals surface area contributed by atoms with Gasteiger partial charge in [0.1, 0.15) is 12.4 Å². The van der Waals surface area contributed by atoms with E-state index in [-0.39, 0.29) is 6.07 Å². The highest BCUT2D eigenvalue weighted by molar-refractivity contribution is 6.00. The van der Waals surface area contributed by atoms with Gasteiger partial charge in [0.15, 0.2) is 0 Å². The van der Waals surface area contributed by atoms with Gasteiger partial charge in [-0.15, -0.1) is 0 Å². The van der Waals surface area contributed by atoms with Crippen molar-refractivity contribution in [1.82, 2.24) is 4.98 Å². The number of nitrogens with zero attached hydrogens (tertiary/aromatic N) is 4. The van der Waals surface area contributed by atoms with Crippen molar-refractivity contribution >= 4 is 17.2 Å². The second kappa shape index (κ2) is 5.52. The van der Waals surface area contributed by atoms with E-state index >= 15 is 0 Å². The van der Waals surface area contributed by atoms with Gasteiger partial charge >= 0.3 is 18.0 Å². The zero-order valence-corrected chi connectivity index (χ0v) is 10.9. The molecule has 0 aromatic carbocycles. The van der Waals surface area contributed by atoms with Gasteiger partial charge in [-0.05, 0) is 6.08 Å². The summed E-state index contributed by atoms with van der Waals surface area (Å²) in [6, 6.07) is 0.263. The van der Waals surface area contributed by atoms with Gasteiger partial charge in [0.25, 0.3) is 0 Å². The molecule has 0 fully saturated rings. The van der Waals surface area contributed by atoms with Crippen molar-refractivity contribution in [2.75, 3.05) is 11.6 Å². The van der Waals surface area contributed by atoms with Gasteiger partial charge < -0.3 is 4.90 Å². The summed E-state index contributed by atoms with van der Waals surface area (Å²) in [5.74, 6) is -0.538. The van der Waals surface area contributed by atoms with Crippen LogP contribution in [0.2, 0.25) is 0 Å². The minimum absolute atomic E-state index is 0.263. The highest BCUT2D eigenvalue weighted by atomic mass is 19.4. The summed E-state index contributed by atoms with van der Waals surface area (Å²) >= 11 is 0. The highest BCUT2D eigenvalue weighted by Crippen LogP contribution is 2.35. The SMILES string of the molecule is O=[N+]([O-])c1cc(C(F)(F)F)cnc1N1C=CC(C(F)(F)F)=NC1. The first-order chi connectivity index (χ1) is 10.5. The number of halogens is 6. The van der Waals surface area contributed by atoms with Crippen molar-refractivity contribution in [3.8, 4) is 0 Å². The molecule has 12 heteroatoms. The first-order valence-electron chi connectivity index (χ1n) is 5.78. The molecular weight excluding hydrogens is 334 g/mol. The number of alkyl halides is 6. The fourth-order valence-electron chi connectivity index (χ4n) is 1.69. The van der Waals surface area contributed by atoms with Crippen molar-refractivity contribution in [2.24, 2.45) is 4.99 Å². The van der Waals surface area contributed by atoms with Crippen molar-refractivity contribution in [3.05, 3.63) is 40.2 Å². The van der Waals surface area contributed by atoms with E-state index in [1.54, 1.807) is 0 Å². The van der Waals surface area contributed by atoms with E-state index in [4.69, 9.17) is 0 Å². The van der Waals surface area contributed by atoms with Crippen LogP contribution >= 0.6 is 0 Å². The molecule has 0 saturated heterocycles. The van der Waals surface area contributed by atoms with Crippen LogP contribution in [0.15, 0.2) is 29.5 Å². The molecule has 23 heavy (non-hydrogen) atoms. The van der Waals surface area contributed by atoms with Crippen molar-refractivity contribution in [3.63, 3.8) is 0 Å². The largest absolute Gasteiger partial charge is 0.433 e. The standard InChI is InChI=1S/C11H6F6N4O2/c12-10(13,14)6-3-7(21(22)23)9(18-4-6)20-2-1-8(19-5-20)11(15,16)17/h1-4H,5H2. The van der Waals surface area contributed by atoms with Gasteiger partial charge in [-0.3, -0.25) is 15.1 Å². The lowest BCUT2D eigenvalue weighted by Gasteiger charge is -2.21. The van der Waals surface area contributed by atoms with Crippen molar-refractivity contribution in [1.29, 1.82) is 0 Å². The van der Waals surface area contributed by atoms with E-state index in [1.807, 2.05) is 0 Å². The summed E-state index contributed by atoms with van der Waals surface area (Å²) in [5, 5.41) is 10.9. The van der Waals surface area contributed by atoms with Crippen LogP contribution in [-0.2, 0) is 6.18 Å². The van der Waals surface area contributed by atoms with Gasteiger partial charge in [0.05, 0.1) is 10.5 Å². The summed E-state index contributed by atoms with van der Waals surface area (Å²) < 4.78 is 74.9. The quantitative estimate of drug-likeness (QED) is 0.470. The smallest absolute Gasteiger partial charge is 0.307 e. The summed E-state index contributed by atoms with van der Waals surface area (Å²) in [6.45, 7) is -0.662. The molecule has 1 aromatic heterocycles. The molecule has 124 valence electrons. The van der Waals surface area contributed by atoms with E-state index in [0.29, 0.717) is 12.3 Å². The van der Waals surface area contributed by atoms with Gasteiger partial charge in [-0.2, -0.15) is 26.3 Å². The molecule has 0 bridgehead atoms. The molecule has 0 aliphatic carbocycles. The molecule has 1 aromatic rings. The van der Waals surface area contributed by atoms with Crippen LogP contribution in [0, 0.1) is 10.1 Å². The van der Waals surface area contributed by atoms with Crippen LogP contribution in [0.25, 0.3) is 0 Å². The van der Waals surface area contributed by atoms with E-state index in [9.17, 15) is 36.5 Å². The maximum Gasteiger partial charge on any atom is 0.433 e. The molecule has 0 atom stereocenters. The third-order valence-corrected chi connectivity index (χ3v) is 2.74. The molecule has 0 amide bonds. The zero-order chi connectivity index (χ0) is 17.4. The minimum Gasteiger partial charge on any atom is -0.307 e. The topological polar surface area (TPSA) is 71.6 Å². The van der Waals surface area contributed by atoms with E-state index < -0.39 is 46.7 Å². The number of hydrogen-bond acceptors (Lipinski definition) is 5. The average Bonchev–Trinajstić information content (AvgIpc) is 2.45. The summed E-state index contributed by atoms with van der Waals surface area (Å²) in [6.07, 6.45) is -7.80. The number of aromatic nitrogens is 1. The van der Waals surface area contributed by atoms with Crippen LogP contribution in [-0.4, -0.2) is 28.5 Å². The van der Waals surface area contributed by atoms with Crippen LogP contribution in [0.4, 0.5) is 37.8 Å². The lowest BCUT2D eigenvalue weighted by Crippen LogP contribution is -2.29. The Labute approximate surface area is 123 Å². The number of hydrogen-bond donors (Lipinski definition) is 0. The number of anilines is 1. The molecule has 0 unspecified atom stereocenters. The van der Waals surface area contributed by atoms with Crippen LogP contribution < -0.4 is 4.90 Å². The second-order valence-electron chi connectivity index (χ2n) is 4.29. The van der Waals surface area contributed by atoms with Gasteiger partial charge in [-0.25, -0.2) is 4.98 Å². The molecule has 1 aliphatic rings. The minimum atomic E-state index is -4.84. The lowest BCUT2D eigenvalue weighted by molar-refractivity contribution is -0.384. The van der Waals surface area contributed by atoms with Crippen LogP contribution in [0.1, 0.15) is 5.56 Å². The molecule has 6 nitrogen and oxygen atoms in total. The number of nitro groups is 1. The fourth-order valence-corrected chi connectivity index (χ4v) is 1.69. The number of rotatable bonds is 2. The predicted molar refractivity (Wildman–Crippen MR) is 65.9 cm³/mol. The van der Waals surface area contributed by atoms with Gasteiger partial charge in [-0.1, -0.05) is 0 Å². The fraction of sp³-hybridized carbons (Fsp3) is 0.273. The number of pyridine rings is 1. The summed E-state index contributed by atoms with van der Waals surface area (Å²) in [5.41, 5.74) is -3.54. The van der Waals surface area contributed by atoms with Gasteiger partial charge in [0.2, 0.25) is 5.82 Å². The monoisotopic (exact) mass is 340 g/mol. The number of allylic oxidation sites excluding steroid dienone is 1.